The second-order valence-corrected chi connectivity index (χ2v) is 11.9. The fourth-order valence-corrected chi connectivity index (χ4v) is 8.24. The van der Waals surface area contributed by atoms with E-state index in [0.29, 0.717) is 32.2 Å². The maximum Gasteiger partial charge on any atom is 0.319 e. The Labute approximate surface area is 219 Å². The lowest BCUT2D eigenvalue weighted by atomic mass is 10.1. The largest absolute Gasteiger partial charge is 0.414 e. The highest BCUT2D eigenvalue weighted by atomic mass is 31.2. The zero-order valence-corrected chi connectivity index (χ0v) is 22.5. The smallest absolute Gasteiger partial charge is 0.319 e. The standard InChI is InChI=1S/C27H24N3O4P3/c1-2-14-23-15-12-13-22-27(23)34-36-28-35-29(31-24-16-6-3-7-17-24)37(33-26-20-10-5-11-21-26)30(36)32-25-18-8-4-9-19-25/h2-13,15-22H,1,14H2. The molecule has 0 aliphatic rings. The summed E-state index contributed by atoms with van der Waals surface area (Å²) in [5.41, 5.74) is 1.02. The van der Waals surface area contributed by atoms with Gasteiger partial charge in [-0.3, -0.25) is 0 Å². The predicted molar refractivity (Wildman–Crippen MR) is 150 cm³/mol. The van der Waals surface area contributed by atoms with Gasteiger partial charge in [-0.15, -0.1) is 11.1 Å². The van der Waals surface area contributed by atoms with Gasteiger partial charge in [-0.05, 0) is 58.7 Å². The first kappa shape index (κ1) is 24.8. The van der Waals surface area contributed by atoms with E-state index in [1.54, 1.807) is 8.51 Å². The molecule has 5 aromatic rings. The summed E-state index contributed by atoms with van der Waals surface area (Å²) in [6.45, 7) is 3.87. The summed E-state index contributed by atoms with van der Waals surface area (Å²) >= 11 is 0. The van der Waals surface area contributed by atoms with Gasteiger partial charge in [-0.2, -0.15) is 0 Å². The number of benzene rings is 4. The van der Waals surface area contributed by atoms with Crippen LogP contribution >= 0.6 is 24.7 Å². The number of hydrogen-bond acceptors (Lipinski definition) is 5. The first-order valence-electron chi connectivity index (χ1n) is 11.5. The van der Waals surface area contributed by atoms with E-state index >= 15 is 0 Å². The molecule has 0 aliphatic carbocycles. The monoisotopic (exact) mass is 547 g/mol. The SMILES string of the molecule is C=CCc1ccccc1Op1npn(Oc2ccccc2)p(Oc2ccccc2)n1Oc1ccccc1. The molecule has 186 valence electrons. The Morgan fingerprint density at radius 1 is 0.703 bits per heavy atom. The number of para-hydroxylation sites is 4. The third-order valence-electron chi connectivity index (χ3n) is 4.94. The van der Waals surface area contributed by atoms with Gasteiger partial charge in [-0.1, -0.05) is 83.1 Å². The molecule has 0 aliphatic heterocycles. The van der Waals surface area contributed by atoms with E-state index in [2.05, 4.69) is 6.58 Å². The molecule has 7 nitrogen and oxygen atoms in total. The summed E-state index contributed by atoms with van der Waals surface area (Å²) in [4.78, 5) is 12.6. The second kappa shape index (κ2) is 12.4. The molecule has 2 unspecified atom stereocenters. The van der Waals surface area contributed by atoms with E-state index in [0.717, 1.165) is 11.3 Å². The predicted octanol–water partition coefficient (Wildman–Crippen LogP) is 8.46. The van der Waals surface area contributed by atoms with E-state index < -0.39 is 16.2 Å². The van der Waals surface area contributed by atoms with Crippen molar-refractivity contribution in [3.8, 4) is 23.0 Å². The first-order valence-corrected chi connectivity index (χ1v) is 14.6. The van der Waals surface area contributed by atoms with Gasteiger partial charge in [-0.25, -0.2) is 0 Å². The summed E-state index contributed by atoms with van der Waals surface area (Å²) in [6, 6.07) is 36.5. The summed E-state index contributed by atoms with van der Waals surface area (Å²) in [5.74, 6) is 2.70. The van der Waals surface area contributed by atoms with Gasteiger partial charge in [0.2, 0.25) is 0 Å². The van der Waals surface area contributed by atoms with Crippen molar-refractivity contribution in [2.75, 3.05) is 0 Å². The van der Waals surface area contributed by atoms with E-state index in [1.165, 1.54) is 0 Å². The minimum absolute atomic E-state index is 0.538. The van der Waals surface area contributed by atoms with Crippen molar-refractivity contribution >= 4 is 24.7 Å². The van der Waals surface area contributed by atoms with E-state index in [-0.39, 0.29) is 0 Å². The normalized spacial score (nSPS) is 11.6. The highest BCUT2D eigenvalue weighted by Crippen LogP contribution is 2.43. The molecule has 0 radical (unpaired) electrons. The van der Waals surface area contributed by atoms with Crippen molar-refractivity contribution < 1.29 is 18.7 Å². The van der Waals surface area contributed by atoms with Crippen LogP contribution in [-0.4, -0.2) is 13.0 Å². The van der Waals surface area contributed by atoms with Gasteiger partial charge in [0.15, 0.2) is 20.0 Å². The molecule has 10 heteroatoms. The number of nitrogens with zero attached hydrogens (tertiary/aromatic N) is 3. The van der Waals surface area contributed by atoms with E-state index in [4.69, 9.17) is 23.2 Å². The van der Waals surface area contributed by atoms with Crippen molar-refractivity contribution in [1.29, 1.82) is 0 Å². The summed E-state index contributed by atoms with van der Waals surface area (Å²) in [6.07, 6.45) is 2.53. The fourth-order valence-electron chi connectivity index (χ4n) is 3.25. The highest BCUT2D eigenvalue weighted by molar-refractivity contribution is 7.56. The number of allylic oxidation sites excluding steroid dienone is 1. The topological polar surface area (TPSA) is 59.7 Å². The molecule has 4 aromatic carbocycles. The van der Waals surface area contributed by atoms with Crippen LogP contribution in [0.25, 0.3) is 0 Å². The molecule has 0 saturated heterocycles. The van der Waals surface area contributed by atoms with Crippen molar-refractivity contribution in [3.05, 3.63) is 133 Å². The van der Waals surface area contributed by atoms with Gasteiger partial charge in [0.1, 0.15) is 11.5 Å². The van der Waals surface area contributed by atoms with Crippen LogP contribution in [0, 0.1) is 0 Å². The third-order valence-corrected chi connectivity index (χ3v) is 9.58. The molecular weight excluding hydrogens is 523 g/mol. The summed E-state index contributed by atoms with van der Waals surface area (Å²) in [5, 5.41) is 0. The van der Waals surface area contributed by atoms with E-state index in [1.807, 2.05) is 121 Å². The lowest BCUT2D eigenvalue weighted by Gasteiger charge is -2.21. The van der Waals surface area contributed by atoms with E-state index in [9.17, 15) is 0 Å². The zero-order chi connectivity index (χ0) is 25.3. The minimum Gasteiger partial charge on any atom is -0.414 e. The molecule has 0 amide bonds. The Morgan fingerprint density at radius 2 is 1.27 bits per heavy atom. The minimum atomic E-state index is -1.68. The fraction of sp³-hybridized carbons (Fsp3) is 0.0370. The van der Waals surface area contributed by atoms with Gasteiger partial charge in [0.25, 0.3) is 0 Å². The number of hydrogen-bond donors (Lipinski definition) is 0. The van der Waals surface area contributed by atoms with Crippen LogP contribution in [0.15, 0.2) is 128 Å². The molecule has 0 fully saturated rings. The lowest BCUT2D eigenvalue weighted by molar-refractivity contribution is 0.232. The van der Waals surface area contributed by atoms with Gasteiger partial charge < -0.3 is 18.7 Å². The Hall–Kier alpha value is -3.88. The van der Waals surface area contributed by atoms with Gasteiger partial charge >= 0.3 is 16.2 Å². The highest BCUT2D eigenvalue weighted by Gasteiger charge is 2.21. The number of rotatable bonds is 10. The summed E-state index contributed by atoms with van der Waals surface area (Å²) < 4.78 is 21.1. The van der Waals surface area contributed by atoms with Crippen LogP contribution in [0.3, 0.4) is 0 Å². The Bertz CT molecular complexity index is 1480. The maximum absolute atomic E-state index is 6.49. The maximum atomic E-state index is 6.49. The zero-order valence-electron chi connectivity index (χ0n) is 19.8. The van der Waals surface area contributed by atoms with Crippen molar-refractivity contribution in [3.63, 3.8) is 0 Å². The molecule has 0 N–H and O–H groups in total. The Morgan fingerprint density at radius 3 is 1.92 bits per heavy atom. The van der Waals surface area contributed by atoms with Crippen molar-refractivity contribution in [2.45, 2.75) is 6.42 Å². The molecule has 1 heterocycles. The Balaban J connectivity index is 1.64. The van der Waals surface area contributed by atoms with Crippen LogP contribution in [0.2, 0.25) is 0 Å². The van der Waals surface area contributed by atoms with Crippen LogP contribution in [-0.2, 0) is 6.42 Å². The average Bonchev–Trinajstić information content (AvgIpc) is 2.94. The quantitative estimate of drug-likeness (QED) is 0.164. The lowest BCUT2D eigenvalue weighted by Crippen LogP contribution is -2.14. The third kappa shape index (κ3) is 6.47. The first-order chi connectivity index (χ1) is 18.3. The van der Waals surface area contributed by atoms with Crippen molar-refractivity contribution in [1.82, 2.24) is 13.0 Å². The van der Waals surface area contributed by atoms with Gasteiger partial charge in [0.05, 0.1) is 0 Å². The van der Waals surface area contributed by atoms with Crippen LogP contribution in [0.5, 0.6) is 23.0 Å². The molecule has 0 saturated carbocycles. The van der Waals surface area contributed by atoms with Crippen molar-refractivity contribution in [2.24, 2.45) is 0 Å². The molecule has 1 aromatic heterocycles. The van der Waals surface area contributed by atoms with Crippen LogP contribution in [0.1, 0.15) is 5.56 Å². The van der Waals surface area contributed by atoms with Crippen LogP contribution < -0.4 is 18.7 Å². The molecule has 2 atom stereocenters. The Kier molecular flexibility index (Phi) is 8.30. The molecular formula is C27H24N3O4P3. The molecule has 0 spiro atoms. The molecule has 0 bridgehead atoms. The summed E-state index contributed by atoms with van der Waals surface area (Å²) in [7, 11) is -2.76. The average molecular weight is 547 g/mol. The number of aromatic nitrogens is 3. The molecule has 5 rings (SSSR count). The van der Waals surface area contributed by atoms with Gasteiger partial charge in [0, 0.05) is 0 Å². The van der Waals surface area contributed by atoms with Crippen LogP contribution in [0.4, 0.5) is 0 Å². The molecule has 37 heavy (non-hydrogen) atoms. The second-order valence-electron chi connectivity index (χ2n) is 7.59.